The molecule has 0 radical (unpaired) electrons. The number of hydrogen-bond acceptors (Lipinski definition) is 4. The van der Waals surface area contributed by atoms with Gasteiger partial charge in [-0.1, -0.05) is 0 Å². The van der Waals surface area contributed by atoms with E-state index in [4.69, 9.17) is 0 Å². The fraction of sp³-hybridized carbons (Fsp3) is 0. The molecule has 1 aromatic rings. The van der Waals surface area contributed by atoms with E-state index in [9.17, 15) is 9.59 Å². The van der Waals surface area contributed by atoms with E-state index < -0.39 is 12.1 Å². The lowest BCUT2D eigenvalue weighted by molar-refractivity contribution is 0.0632. The molecule has 58 valence electrons. The second-order valence-corrected chi connectivity index (χ2v) is 1.68. The van der Waals surface area contributed by atoms with E-state index in [1.807, 2.05) is 0 Å². The topological polar surface area (TPSA) is 98.1 Å². The van der Waals surface area contributed by atoms with Crippen LogP contribution < -0.4 is 5.73 Å². The Morgan fingerprint density at radius 3 is 2.82 bits per heavy atom. The van der Waals surface area contributed by atoms with Gasteiger partial charge in [-0.25, -0.2) is 9.59 Å². The van der Waals surface area contributed by atoms with Crippen molar-refractivity contribution in [2.24, 2.45) is 5.73 Å². The zero-order valence-electron chi connectivity index (χ0n) is 5.40. The number of rotatable bonds is 1. The Labute approximate surface area is 61.3 Å². The zero-order chi connectivity index (χ0) is 8.27. The van der Waals surface area contributed by atoms with E-state index in [1.54, 1.807) is 0 Å². The summed E-state index contributed by atoms with van der Waals surface area (Å²) >= 11 is 0. The fourth-order valence-electron chi connectivity index (χ4n) is 0.516. The Morgan fingerprint density at radius 2 is 2.36 bits per heavy atom. The van der Waals surface area contributed by atoms with Crippen LogP contribution in [0.3, 0.4) is 0 Å². The molecule has 0 bridgehead atoms. The molecule has 6 nitrogen and oxygen atoms in total. The van der Waals surface area contributed by atoms with Gasteiger partial charge in [-0.05, 0) is 6.07 Å². The second kappa shape index (κ2) is 2.82. The molecular weight excluding hydrogens is 150 g/mol. The number of nitrogens with one attached hydrogen (secondary N) is 1. The molecule has 1 heterocycles. The van der Waals surface area contributed by atoms with Gasteiger partial charge in [0.15, 0.2) is 0 Å². The molecule has 0 spiro atoms. The first-order chi connectivity index (χ1) is 5.20. The maximum absolute atomic E-state index is 10.7. The van der Waals surface area contributed by atoms with Crippen molar-refractivity contribution in [2.75, 3.05) is 0 Å². The summed E-state index contributed by atoms with van der Waals surface area (Å²) in [5.74, 6) is -0.838. The van der Waals surface area contributed by atoms with Crippen molar-refractivity contribution in [3.8, 4) is 0 Å². The Bertz CT molecular complexity index is 267. The molecule has 0 saturated carbocycles. The minimum Gasteiger partial charge on any atom is -0.372 e. The van der Waals surface area contributed by atoms with Crippen LogP contribution in [-0.4, -0.2) is 22.3 Å². The lowest BCUT2D eigenvalue weighted by Gasteiger charge is -1.93. The van der Waals surface area contributed by atoms with Crippen molar-refractivity contribution in [3.63, 3.8) is 0 Å². The third-order valence-corrected chi connectivity index (χ3v) is 0.914. The quantitative estimate of drug-likeness (QED) is 0.427. The first-order valence-corrected chi connectivity index (χ1v) is 2.71. The molecule has 0 atom stereocenters. The molecule has 0 saturated heterocycles. The van der Waals surface area contributed by atoms with Gasteiger partial charge in [-0.15, -0.1) is 0 Å². The number of amides is 1. The molecule has 0 fully saturated rings. The van der Waals surface area contributed by atoms with Gasteiger partial charge in [-0.3, -0.25) is 5.10 Å². The molecule has 3 N–H and O–H groups in total. The van der Waals surface area contributed by atoms with Crippen molar-refractivity contribution in [1.29, 1.82) is 0 Å². The van der Waals surface area contributed by atoms with E-state index in [0.29, 0.717) is 0 Å². The summed E-state index contributed by atoms with van der Waals surface area (Å²) in [7, 11) is 0. The van der Waals surface area contributed by atoms with Crippen LogP contribution in [0.15, 0.2) is 12.3 Å². The number of primary amides is 1. The first-order valence-electron chi connectivity index (χ1n) is 2.71. The van der Waals surface area contributed by atoms with Crippen LogP contribution >= 0.6 is 0 Å². The van der Waals surface area contributed by atoms with E-state index >= 15 is 0 Å². The Hall–Kier alpha value is -1.85. The summed E-state index contributed by atoms with van der Waals surface area (Å²) < 4.78 is 4.02. The molecule has 1 rings (SSSR count). The summed E-state index contributed by atoms with van der Waals surface area (Å²) in [4.78, 5) is 20.8. The van der Waals surface area contributed by atoms with Crippen molar-refractivity contribution in [1.82, 2.24) is 10.2 Å². The molecule has 0 aliphatic heterocycles. The number of carbonyl (C=O) groups is 2. The number of esters is 1. The second-order valence-electron chi connectivity index (χ2n) is 1.68. The highest BCUT2D eigenvalue weighted by molar-refractivity contribution is 5.94. The monoisotopic (exact) mass is 155 g/mol. The Kier molecular flexibility index (Phi) is 1.86. The number of nitrogens with zero attached hydrogens (tertiary/aromatic N) is 1. The van der Waals surface area contributed by atoms with E-state index in [-0.39, 0.29) is 5.69 Å². The zero-order valence-corrected chi connectivity index (χ0v) is 5.40. The van der Waals surface area contributed by atoms with Gasteiger partial charge < -0.3 is 10.5 Å². The van der Waals surface area contributed by atoms with Crippen LogP contribution in [0.2, 0.25) is 0 Å². The number of aromatic amines is 1. The minimum absolute atomic E-state index is 0.0869. The smallest absolute Gasteiger partial charge is 0.372 e. The summed E-state index contributed by atoms with van der Waals surface area (Å²) in [6, 6.07) is 1.37. The SMILES string of the molecule is NC(=O)OC(=O)c1ccn[nH]1. The Morgan fingerprint density at radius 1 is 1.64 bits per heavy atom. The summed E-state index contributed by atoms with van der Waals surface area (Å²) in [5.41, 5.74) is 4.67. The molecule has 0 aromatic carbocycles. The number of hydrogen-bond donors (Lipinski definition) is 2. The molecule has 0 aliphatic rings. The van der Waals surface area contributed by atoms with E-state index in [1.165, 1.54) is 12.3 Å². The molecular formula is C5H5N3O3. The average molecular weight is 155 g/mol. The molecule has 0 unspecified atom stereocenters. The van der Waals surface area contributed by atoms with Gasteiger partial charge in [0.2, 0.25) is 0 Å². The van der Waals surface area contributed by atoms with Gasteiger partial charge in [0.25, 0.3) is 0 Å². The van der Waals surface area contributed by atoms with Gasteiger partial charge in [0.05, 0.1) is 0 Å². The predicted octanol–water partition coefficient (Wildman–Crippen LogP) is -0.355. The highest BCUT2D eigenvalue weighted by Crippen LogP contribution is 1.94. The summed E-state index contributed by atoms with van der Waals surface area (Å²) in [6.45, 7) is 0. The van der Waals surface area contributed by atoms with Crippen LogP contribution in [0, 0.1) is 0 Å². The van der Waals surface area contributed by atoms with Crippen molar-refractivity contribution >= 4 is 12.1 Å². The summed E-state index contributed by atoms with van der Waals surface area (Å²) in [5, 5.41) is 5.78. The van der Waals surface area contributed by atoms with Gasteiger partial charge in [0, 0.05) is 6.20 Å². The number of carbonyl (C=O) groups excluding carboxylic acids is 2. The number of nitrogens with two attached hydrogens (primary N) is 1. The lowest BCUT2D eigenvalue weighted by Crippen LogP contribution is -2.18. The maximum Gasteiger partial charge on any atom is 0.412 e. The van der Waals surface area contributed by atoms with Gasteiger partial charge >= 0.3 is 12.1 Å². The molecule has 1 amide bonds. The molecule has 6 heteroatoms. The molecule has 11 heavy (non-hydrogen) atoms. The number of ether oxygens (including phenoxy) is 1. The van der Waals surface area contributed by atoms with Crippen LogP contribution in [0.4, 0.5) is 4.79 Å². The molecule has 0 aliphatic carbocycles. The van der Waals surface area contributed by atoms with Crippen LogP contribution in [-0.2, 0) is 4.74 Å². The highest BCUT2D eigenvalue weighted by atomic mass is 16.6. The predicted molar refractivity (Wildman–Crippen MR) is 33.6 cm³/mol. The van der Waals surface area contributed by atoms with Crippen LogP contribution in [0.1, 0.15) is 10.5 Å². The lowest BCUT2D eigenvalue weighted by atomic mass is 10.4. The third-order valence-electron chi connectivity index (χ3n) is 0.914. The minimum atomic E-state index is -1.13. The van der Waals surface area contributed by atoms with Crippen molar-refractivity contribution in [2.45, 2.75) is 0 Å². The van der Waals surface area contributed by atoms with Crippen LogP contribution in [0.25, 0.3) is 0 Å². The number of aromatic nitrogens is 2. The first kappa shape index (κ1) is 7.26. The maximum atomic E-state index is 10.7. The van der Waals surface area contributed by atoms with Gasteiger partial charge in [0.1, 0.15) is 5.69 Å². The van der Waals surface area contributed by atoms with Crippen molar-refractivity contribution < 1.29 is 14.3 Å². The number of H-pyrrole nitrogens is 1. The van der Waals surface area contributed by atoms with E-state index in [0.717, 1.165) is 0 Å². The standard InChI is InChI=1S/C5H5N3O3/c6-5(10)11-4(9)3-1-2-7-8-3/h1-2H,(H2,6,10)(H,7,8). The molecule has 1 aromatic heterocycles. The third kappa shape index (κ3) is 1.78. The fourth-order valence-corrected chi connectivity index (χ4v) is 0.516. The largest absolute Gasteiger partial charge is 0.412 e. The highest BCUT2D eigenvalue weighted by Gasteiger charge is 2.10. The normalized spacial score (nSPS) is 9.09. The Balaban J connectivity index is 2.64. The van der Waals surface area contributed by atoms with E-state index in [2.05, 4.69) is 20.7 Å². The summed E-state index contributed by atoms with van der Waals surface area (Å²) in [6.07, 6.45) is 0.224. The van der Waals surface area contributed by atoms with Gasteiger partial charge in [-0.2, -0.15) is 5.10 Å². The van der Waals surface area contributed by atoms with Crippen LogP contribution in [0.5, 0.6) is 0 Å². The average Bonchev–Trinajstić information content (AvgIpc) is 2.35. The van der Waals surface area contributed by atoms with Crippen molar-refractivity contribution in [3.05, 3.63) is 18.0 Å².